The van der Waals surface area contributed by atoms with Gasteiger partial charge in [-0.05, 0) is 54.3 Å². The summed E-state index contributed by atoms with van der Waals surface area (Å²) in [7, 11) is 0. The molecule has 0 saturated carbocycles. The fraction of sp³-hybridized carbons (Fsp3) is 0.250. The molecule has 1 saturated heterocycles. The van der Waals surface area contributed by atoms with Crippen LogP contribution in [0.1, 0.15) is 42.9 Å². The molecule has 3 aromatic carbocycles. The third-order valence-electron chi connectivity index (χ3n) is 7.79. The summed E-state index contributed by atoms with van der Waals surface area (Å²) in [5, 5.41) is 41.8. The highest BCUT2D eigenvalue weighted by Gasteiger charge is 2.61. The predicted octanol–water partition coefficient (Wildman–Crippen LogP) is 5.15. The lowest BCUT2D eigenvalue weighted by atomic mass is 9.78. The Balaban J connectivity index is 1.28. The van der Waals surface area contributed by atoms with Crippen molar-refractivity contribution in [3.8, 4) is 29.3 Å². The molecule has 0 radical (unpaired) electrons. The first-order valence-corrected chi connectivity index (χ1v) is 12.1. The van der Waals surface area contributed by atoms with Gasteiger partial charge in [-0.15, -0.1) is 0 Å². The van der Waals surface area contributed by atoms with E-state index in [1.54, 1.807) is 30.3 Å². The van der Waals surface area contributed by atoms with Crippen molar-refractivity contribution < 1.29 is 24.3 Å². The van der Waals surface area contributed by atoms with Crippen molar-refractivity contribution in [1.82, 2.24) is 14.9 Å². The maximum Gasteiger partial charge on any atom is 0.205 e. The number of nitriles is 1. The lowest BCUT2D eigenvalue weighted by Crippen LogP contribution is -2.25. The molecule has 9 nitrogen and oxygen atoms in total. The van der Waals surface area contributed by atoms with Crippen LogP contribution < -0.4 is 4.74 Å². The van der Waals surface area contributed by atoms with Crippen LogP contribution in [0.3, 0.4) is 0 Å². The number of benzene rings is 3. The quantitative estimate of drug-likeness (QED) is 0.343. The lowest BCUT2D eigenvalue weighted by Gasteiger charge is -2.26. The third kappa shape index (κ3) is 2.93. The Bertz CT molecular complexity index is 1770. The van der Waals surface area contributed by atoms with Crippen LogP contribution in [0, 0.1) is 11.3 Å². The van der Waals surface area contributed by atoms with E-state index in [0.717, 1.165) is 10.8 Å². The van der Waals surface area contributed by atoms with Crippen molar-refractivity contribution in [3.63, 3.8) is 0 Å². The fourth-order valence-electron chi connectivity index (χ4n) is 6.10. The smallest absolute Gasteiger partial charge is 0.205 e. The van der Waals surface area contributed by atoms with E-state index in [2.05, 4.69) is 16.4 Å². The average Bonchev–Trinajstić information content (AvgIpc) is 3.63. The predicted molar refractivity (Wildman–Crippen MR) is 133 cm³/mol. The van der Waals surface area contributed by atoms with Gasteiger partial charge >= 0.3 is 0 Å². The maximum absolute atomic E-state index is 11.6. The summed E-state index contributed by atoms with van der Waals surface area (Å²) in [6.45, 7) is 2.28. The molecule has 1 fully saturated rings. The van der Waals surface area contributed by atoms with Crippen molar-refractivity contribution in [2.75, 3.05) is 6.61 Å². The number of ether oxygens (including phenoxy) is 2. The van der Waals surface area contributed by atoms with E-state index >= 15 is 0 Å². The van der Waals surface area contributed by atoms with Crippen LogP contribution in [0.25, 0.3) is 27.5 Å². The first-order valence-electron chi connectivity index (χ1n) is 12.1. The van der Waals surface area contributed by atoms with Crippen molar-refractivity contribution in [2.24, 2.45) is 0 Å². The SMILES string of the molecule is C[C@@]12CC[C@@](CCOc3ccc4nonc4c3)(O1)c1c2c(O)n(-c2ccc(C#N)c3ccccc23)c1O. The molecule has 9 heteroatoms. The van der Waals surface area contributed by atoms with Crippen LogP contribution in [0.4, 0.5) is 0 Å². The van der Waals surface area contributed by atoms with Gasteiger partial charge in [0.15, 0.2) is 0 Å². The molecule has 2 bridgehead atoms. The van der Waals surface area contributed by atoms with Gasteiger partial charge in [-0.3, -0.25) is 4.57 Å². The highest BCUT2D eigenvalue weighted by atomic mass is 16.6. The van der Waals surface area contributed by atoms with E-state index in [9.17, 15) is 15.5 Å². The van der Waals surface area contributed by atoms with Crippen LogP contribution in [0.15, 0.2) is 59.2 Å². The van der Waals surface area contributed by atoms with Crippen LogP contribution in [-0.4, -0.2) is 31.7 Å². The second-order valence-corrected chi connectivity index (χ2v) is 9.86. The van der Waals surface area contributed by atoms with Gasteiger partial charge in [0.1, 0.15) is 22.4 Å². The largest absolute Gasteiger partial charge is 0.494 e. The lowest BCUT2D eigenvalue weighted by molar-refractivity contribution is -0.0876. The Morgan fingerprint density at radius 2 is 1.78 bits per heavy atom. The fourth-order valence-corrected chi connectivity index (χ4v) is 6.10. The maximum atomic E-state index is 11.6. The number of fused-ring (bicyclic) bond motifs is 7. The minimum Gasteiger partial charge on any atom is -0.494 e. The summed E-state index contributed by atoms with van der Waals surface area (Å²) in [5.41, 5.74) is 2.08. The summed E-state index contributed by atoms with van der Waals surface area (Å²) in [5.74, 6) is 0.532. The van der Waals surface area contributed by atoms with Crippen molar-refractivity contribution in [1.29, 1.82) is 5.26 Å². The van der Waals surface area contributed by atoms with Gasteiger partial charge in [0, 0.05) is 23.3 Å². The number of rotatable bonds is 5. The molecular formula is C28H22N4O5. The molecule has 4 heterocycles. The van der Waals surface area contributed by atoms with Crippen molar-refractivity contribution >= 4 is 21.8 Å². The number of aromatic hydroxyl groups is 2. The van der Waals surface area contributed by atoms with Crippen LogP contribution in [0.5, 0.6) is 17.5 Å². The van der Waals surface area contributed by atoms with E-state index < -0.39 is 11.2 Å². The Morgan fingerprint density at radius 1 is 1.00 bits per heavy atom. The molecule has 0 unspecified atom stereocenters. The zero-order valence-electron chi connectivity index (χ0n) is 19.9. The van der Waals surface area contributed by atoms with Crippen LogP contribution >= 0.6 is 0 Å². The van der Waals surface area contributed by atoms with Gasteiger partial charge in [0.05, 0.1) is 40.7 Å². The zero-order chi connectivity index (χ0) is 25.4. The van der Waals surface area contributed by atoms with E-state index in [0.29, 0.717) is 65.0 Å². The molecule has 2 aromatic heterocycles. The monoisotopic (exact) mass is 494 g/mol. The van der Waals surface area contributed by atoms with Gasteiger partial charge in [-0.2, -0.15) is 5.26 Å². The second-order valence-electron chi connectivity index (χ2n) is 9.86. The highest BCUT2D eigenvalue weighted by Crippen LogP contribution is 2.65. The van der Waals surface area contributed by atoms with Gasteiger partial charge in [-0.25, -0.2) is 4.63 Å². The molecule has 2 aliphatic heterocycles. The normalized spacial score (nSPS) is 21.9. The van der Waals surface area contributed by atoms with E-state index in [-0.39, 0.29) is 11.8 Å². The Kier molecular flexibility index (Phi) is 4.39. The molecule has 7 rings (SSSR count). The Hall–Kier alpha value is -4.55. The zero-order valence-corrected chi connectivity index (χ0v) is 19.9. The molecule has 0 aliphatic carbocycles. The molecule has 2 aliphatic rings. The summed E-state index contributed by atoms with van der Waals surface area (Å²) in [6.07, 6.45) is 1.88. The first-order chi connectivity index (χ1) is 17.9. The molecule has 37 heavy (non-hydrogen) atoms. The van der Waals surface area contributed by atoms with E-state index in [1.807, 2.05) is 31.2 Å². The first kappa shape index (κ1) is 21.7. The minimum atomic E-state index is -0.793. The number of hydrogen-bond donors (Lipinski definition) is 2. The molecule has 0 spiro atoms. The second kappa shape index (κ2) is 7.48. The van der Waals surface area contributed by atoms with Gasteiger partial charge in [-0.1, -0.05) is 24.3 Å². The van der Waals surface area contributed by atoms with Crippen molar-refractivity contribution in [3.05, 3.63) is 71.3 Å². The number of hydrogen-bond acceptors (Lipinski definition) is 8. The number of aromatic nitrogens is 3. The standard InChI is InChI=1S/C28H22N4O5/c1-27-10-11-28(36-27,12-13-35-17-7-8-20-21(14-17)31-37-30-20)24-23(27)25(33)32(26(24)34)22-9-6-16(15-29)18-4-2-3-5-19(18)22/h2-9,14,33-34H,10-13H2,1H3/t27-,28-/m0/s1. The van der Waals surface area contributed by atoms with E-state index in [4.69, 9.17) is 14.1 Å². The summed E-state index contributed by atoms with van der Waals surface area (Å²) < 4.78 is 18.8. The summed E-state index contributed by atoms with van der Waals surface area (Å²) >= 11 is 0. The molecule has 0 amide bonds. The Morgan fingerprint density at radius 3 is 2.62 bits per heavy atom. The summed E-state index contributed by atoms with van der Waals surface area (Å²) in [6, 6.07) is 18.5. The molecule has 2 atom stereocenters. The summed E-state index contributed by atoms with van der Waals surface area (Å²) in [4.78, 5) is 0. The molecule has 2 N–H and O–H groups in total. The van der Waals surface area contributed by atoms with Crippen LogP contribution in [-0.2, 0) is 15.9 Å². The Labute approximate surface area is 211 Å². The highest BCUT2D eigenvalue weighted by molar-refractivity contribution is 5.95. The topological polar surface area (TPSA) is 127 Å². The van der Waals surface area contributed by atoms with Gasteiger partial charge < -0.3 is 19.7 Å². The van der Waals surface area contributed by atoms with Gasteiger partial charge in [0.25, 0.3) is 0 Å². The third-order valence-corrected chi connectivity index (χ3v) is 7.79. The van der Waals surface area contributed by atoms with Crippen LogP contribution in [0.2, 0.25) is 0 Å². The number of nitrogens with zero attached hydrogens (tertiary/aromatic N) is 4. The minimum absolute atomic E-state index is 0.0451. The van der Waals surface area contributed by atoms with Crippen molar-refractivity contribution in [2.45, 2.75) is 37.4 Å². The molecule has 5 aromatic rings. The van der Waals surface area contributed by atoms with E-state index in [1.165, 1.54) is 4.57 Å². The average molecular weight is 495 g/mol. The molecular weight excluding hydrogens is 472 g/mol. The van der Waals surface area contributed by atoms with Gasteiger partial charge in [0.2, 0.25) is 11.8 Å². The molecule has 184 valence electrons.